The zero-order chi connectivity index (χ0) is 18.5. The first kappa shape index (κ1) is 18.4. The molecule has 0 spiro atoms. The van der Waals surface area contributed by atoms with E-state index in [0.717, 1.165) is 11.3 Å². The highest BCUT2D eigenvalue weighted by atomic mass is 35.5. The third kappa shape index (κ3) is 4.62. The third-order valence-corrected chi connectivity index (χ3v) is 4.49. The first-order chi connectivity index (χ1) is 12.5. The molecule has 134 valence electrons. The smallest absolute Gasteiger partial charge is 0.310 e. The number of halogens is 2. The average Bonchev–Trinajstić information content (AvgIpc) is 3.13. The van der Waals surface area contributed by atoms with Crippen LogP contribution in [0.15, 0.2) is 53.6 Å². The van der Waals surface area contributed by atoms with Crippen LogP contribution in [-0.2, 0) is 20.7 Å². The summed E-state index contributed by atoms with van der Waals surface area (Å²) < 4.78 is 5.06. The van der Waals surface area contributed by atoms with Gasteiger partial charge in [-0.3, -0.25) is 9.59 Å². The molecule has 0 bridgehead atoms. The molecule has 3 rings (SSSR count). The van der Waals surface area contributed by atoms with E-state index in [2.05, 4.69) is 5.10 Å². The van der Waals surface area contributed by atoms with E-state index in [-0.39, 0.29) is 18.9 Å². The Kier molecular flexibility index (Phi) is 5.91. The van der Waals surface area contributed by atoms with Gasteiger partial charge in [-0.15, -0.1) is 0 Å². The summed E-state index contributed by atoms with van der Waals surface area (Å²) in [6.45, 7) is 0.124. The van der Waals surface area contributed by atoms with Gasteiger partial charge in [0.1, 0.15) is 0 Å². The highest BCUT2D eigenvalue weighted by molar-refractivity contribution is 6.35. The molecule has 0 N–H and O–H groups in total. The average molecular weight is 391 g/mol. The SMILES string of the molecule is O=C(Cc1ccc(Cl)cc1Cl)OCC(=O)N1CCC(c2ccccc2)=N1. The maximum absolute atomic E-state index is 12.2. The molecule has 0 aliphatic carbocycles. The topological polar surface area (TPSA) is 59.0 Å². The van der Waals surface area contributed by atoms with Gasteiger partial charge in [0.25, 0.3) is 5.91 Å². The lowest BCUT2D eigenvalue weighted by molar-refractivity contribution is -0.151. The Labute approximate surface area is 161 Å². The molecular formula is C19H16Cl2N2O3. The van der Waals surface area contributed by atoms with Crippen LogP contribution in [-0.4, -0.2) is 35.7 Å². The van der Waals surface area contributed by atoms with Crippen molar-refractivity contribution in [1.29, 1.82) is 0 Å². The van der Waals surface area contributed by atoms with Crippen LogP contribution in [0.2, 0.25) is 10.0 Å². The first-order valence-electron chi connectivity index (χ1n) is 8.06. The Balaban J connectivity index is 1.52. The summed E-state index contributed by atoms with van der Waals surface area (Å²) in [5, 5.41) is 6.53. The molecule has 2 aromatic rings. The van der Waals surface area contributed by atoms with E-state index in [1.807, 2.05) is 30.3 Å². The zero-order valence-electron chi connectivity index (χ0n) is 13.8. The largest absolute Gasteiger partial charge is 0.455 e. The van der Waals surface area contributed by atoms with Crippen molar-refractivity contribution in [3.63, 3.8) is 0 Å². The van der Waals surface area contributed by atoms with Crippen LogP contribution in [0.1, 0.15) is 17.5 Å². The van der Waals surface area contributed by atoms with Crippen LogP contribution in [0.25, 0.3) is 0 Å². The molecule has 0 saturated carbocycles. The normalized spacial score (nSPS) is 13.5. The van der Waals surface area contributed by atoms with Crippen molar-refractivity contribution in [1.82, 2.24) is 5.01 Å². The van der Waals surface area contributed by atoms with Gasteiger partial charge in [-0.1, -0.05) is 59.6 Å². The maximum Gasteiger partial charge on any atom is 0.310 e. The lowest BCUT2D eigenvalue weighted by Crippen LogP contribution is -2.29. The standard InChI is InChI=1S/C19H16Cl2N2O3/c20-15-7-6-14(16(21)11-15)10-19(25)26-12-18(24)23-9-8-17(22-23)13-4-2-1-3-5-13/h1-7,11H,8-10,12H2. The molecule has 26 heavy (non-hydrogen) atoms. The van der Waals surface area contributed by atoms with E-state index in [9.17, 15) is 9.59 Å². The summed E-state index contributed by atoms with van der Waals surface area (Å²) in [6.07, 6.45) is 0.645. The molecule has 5 nitrogen and oxygen atoms in total. The molecule has 1 heterocycles. The van der Waals surface area contributed by atoms with Crippen molar-refractivity contribution in [3.05, 3.63) is 69.7 Å². The number of carbonyl (C=O) groups excluding carboxylic acids is 2. The third-order valence-electron chi connectivity index (χ3n) is 3.90. The highest BCUT2D eigenvalue weighted by Gasteiger charge is 2.22. The lowest BCUT2D eigenvalue weighted by atomic mass is 10.1. The number of carbonyl (C=O) groups is 2. The molecule has 0 saturated heterocycles. The van der Waals surface area contributed by atoms with Crippen LogP contribution < -0.4 is 0 Å². The number of hydrazone groups is 1. The fraction of sp³-hybridized carbons (Fsp3) is 0.211. The Morgan fingerprint density at radius 1 is 1.12 bits per heavy atom. The van der Waals surface area contributed by atoms with Crippen molar-refractivity contribution in [2.75, 3.05) is 13.2 Å². The molecule has 1 amide bonds. The minimum absolute atomic E-state index is 0.0260. The molecule has 0 atom stereocenters. The van der Waals surface area contributed by atoms with Gasteiger partial charge in [-0.05, 0) is 23.3 Å². The van der Waals surface area contributed by atoms with Crippen molar-refractivity contribution < 1.29 is 14.3 Å². The van der Waals surface area contributed by atoms with Crippen LogP contribution in [0, 0.1) is 0 Å². The number of benzene rings is 2. The van der Waals surface area contributed by atoms with Crippen LogP contribution in [0.5, 0.6) is 0 Å². The summed E-state index contributed by atoms with van der Waals surface area (Å²) >= 11 is 11.9. The Hall–Kier alpha value is -2.37. The minimum atomic E-state index is -0.533. The molecule has 0 aromatic heterocycles. The van der Waals surface area contributed by atoms with Gasteiger partial charge in [0, 0.05) is 16.5 Å². The quantitative estimate of drug-likeness (QED) is 0.730. The van der Waals surface area contributed by atoms with Crippen LogP contribution >= 0.6 is 23.2 Å². The van der Waals surface area contributed by atoms with E-state index in [1.54, 1.807) is 18.2 Å². The second kappa shape index (κ2) is 8.34. The summed E-state index contributed by atoms with van der Waals surface area (Å²) in [6, 6.07) is 14.5. The molecule has 0 fully saturated rings. The summed E-state index contributed by atoms with van der Waals surface area (Å²) in [4.78, 5) is 24.1. The van der Waals surface area contributed by atoms with Gasteiger partial charge < -0.3 is 4.74 Å². The summed E-state index contributed by atoms with van der Waals surface area (Å²) in [5.41, 5.74) is 2.43. The van der Waals surface area contributed by atoms with Crippen molar-refractivity contribution >= 4 is 40.8 Å². The van der Waals surface area contributed by atoms with Gasteiger partial charge in [-0.2, -0.15) is 5.10 Å². The van der Waals surface area contributed by atoms with Gasteiger partial charge in [0.05, 0.1) is 18.7 Å². The monoisotopic (exact) mass is 390 g/mol. The number of amides is 1. The molecule has 7 heteroatoms. The molecule has 0 unspecified atom stereocenters. The Bertz CT molecular complexity index is 853. The molecular weight excluding hydrogens is 375 g/mol. The summed E-state index contributed by atoms with van der Waals surface area (Å²) in [5.74, 6) is -0.888. The number of esters is 1. The van der Waals surface area contributed by atoms with E-state index in [4.69, 9.17) is 27.9 Å². The number of nitrogens with zero attached hydrogens (tertiary/aromatic N) is 2. The van der Waals surface area contributed by atoms with E-state index in [1.165, 1.54) is 5.01 Å². The van der Waals surface area contributed by atoms with Crippen molar-refractivity contribution in [2.24, 2.45) is 5.10 Å². The Morgan fingerprint density at radius 3 is 2.62 bits per heavy atom. The van der Waals surface area contributed by atoms with Gasteiger partial charge in [-0.25, -0.2) is 5.01 Å². The molecule has 1 aliphatic rings. The first-order valence-corrected chi connectivity index (χ1v) is 8.81. The number of ether oxygens (including phenoxy) is 1. The highest BCUT2D eigenvalue weighted by Crippen LogP contribution is 2.21. The number of hydrogen-bond donors (Lipinski definition) is 0. The van der Waals surface area contributed by atoms with Crippen molar-refractivity contribution in [2.45, 2.75) is 12.8 Å². The summed E-state index contributed by atoms with van der Waals surface area (Å²) in [7, 11) is 0. The Morgan fingerprint density at radius 2 is 1.88 bits per heavy atom. The van der Waals surface area contributed by atoms with Gasteiger partial charge in [0.15, 0.2) is 6.61 Å². The van der Waals surface area contributed by atoms with Crippen LogP contribution in [0.3, 0.4) is 0 Å². The molecule has 0 radical (unpaired) electrons. The van der Waals surface area contributed by atoms with Gasteiger partial charge in [0.2, 0.25) is 0 Å². The molecule has 1 aliphatic heterocycles. The van der Waals surface area contributed by atoms with E-state index >= 15 is 0 Å². The minimum Gasteiger partial charge on any atom is -0.455 e. The predicted molar refractivity (Wildman–Crippen MR) is 100 cm³/mol. The molecule has 2 aromatic carbocycles. The second-order valence-electron chi connectivity index (χ2n) is 5.75. The van der Waals surface area contributed by atoms with Crippen molar-refractivity contribution in [3.8, 4) is 0 Å². The van der Waals surface area contributed by atoms with Crippen LogP contribution in [0.4, 0.5) is 0 Å². The lowest BCUT2D eigenvalue weighted by Gasteiger charge is -2.12. The fourth-order valence-electron chi connectivity index (χ4n) is 2.56. The second-order valence-corrected chi connectivity index (χ2v) is 6.60. The predicted octanol–water partition coefficient (Wildman–Crippen LogP) is 3.72. The fourth-order valence-corrected chi connectivity index (χ4v) is 3.03. The maximum atomic E-state index is 12.2. The van der Waals surface area contributed by atoms with E-state index in [0.29, 0.717) is 28.6 Å². The number of hydrogen-bond acceptors (Lipinski definition) is 4. The van der Waals surface area contributed by atoms with E-state index < -0.39 is 5.97 Å². The van der Waals surface area contributed by atoms with Gasteiger partial charge >= 0.3 is 5.97 Å². The zero-order valence-corrected chi connectivity index (χ0v) is 15.3. The number of rotatable bonds is 5.